The van der Waals surface area contributed by atoms with Gasteiger partial charge in [-0.3, -0.25) is 4.90 Å². The van der Waals surface area contributed by atoms with Crippen LogP contribution in [0.3, 0.4) is 0 Å². The van der Waals surface area contributed by atoms with Gasteiger partial charge in [0, 0.05) is 6.54 Å². The monoisotopic (exact) mass is 325 g/mol. The second-order valence-electron chi connectivity index (χ2n) is 6.14. The third-order valence-electron chi connectivity index (χ3n) is 4.92. The van der Waals surface area contributed by atoms with Gasteiger partial charge in [0.15, 0.2) is 0 Å². The van der Waals surface area contributed by atoms with Crippen LogP contribution >= 0.6 is 0 Å². The Morgan fingerprint density at radius 3 is 2.00 bits per heavy atom. The Morgan fingerprint density at radius 1 is 0.917 bits per heavy atom. The fraction of sp³-hybridized carbons (Fsp3) is 0.263. The number of rotatable bonds is 0. The molecular weight excluding hydrogens is 306 g/mol. The lowest BCUT2D eigenvalue weighted by atomic mass is 9.84. The molecule has 2 aromatic rings. The van der Waals surface area contributed by atoms with Gasteiger partial charge in [0.25, 0.3) is 0 Å². The van der Waals surface area contributed by atoms with Crippen LogP contribution in [0.1, 0.15) is 28.7 Å². The Bertz CT molecular complexity index is 776. The molecule has 1 spiro atoms. The number of benzene rings is 2. The zero-order valence-electron chi connectivity index (χ0n) is 13.4. The van der Waals surface area contributed by atoms with Gasteiger partial charge in [0.1, 0.15) is 0 Å². The Kier molecular flexibility index (Phi) is 4.11. The van der Waals surface area contributed by atoms with Crippen molar-refractivity contribution >= 4 is 11.9 Å². The number of carboxylic acid groups (broad SMARTS) is 2. The summed E-state index contributed by atoms with van der Waals surface area (Å²) >= 11 is 0. The van der Waals surface area contributed by atoms with Gasteiger partial charge in [0.05, 0.1) is 5.54 Å². The van der Waals surface area contributed by atoms with Gasteiger partial charge in [-0.2, -0.15) is 0 Å². The molecule has 0 bridgehead atoms. The molecule has 0 fully saturated rings. The second kappa shape index (κ2) is 6.09. The van der Waals surface area contributed by atoms with Crippen LogP contribution in [0.2, 0.25) is 0 Å². The number of aliphatic carboxylic acids is 2. The van der Waals surface area contributed by atoms with Crippen molar-refractivity contribution in [1.82, 2.24) is 4.90 Å². The lowest BCUT2D eigenvalue weighted by molar-refractivity contribution is -0.159. The summed E-state index contributed by atoms with van der Waals surface area (Å²) in [6, 6.07) is 17.9. The van der Waals surface area contributed by atoms with Crippen LogP contribution in [-0.2, 0) is 28.1 Å². The minimum atomic E-state index is -1.82. The highest BCUT2D eigenvalue weighted by Gasteiger charge is 2.47. The Labute approximate surface area is 140 Å². The van der Waals surface area contributed by atoms with E-state index in [2.05, 4.69) is 60.5 Å². The molecule has 1 aliphatic carbocycles. The van der Waals surface area contributed by atoms with Crippen molar-refractivity contribution in [3.8, 4) is 0 Å². The van der Waals surface area contributed by atoms with Crippen LogP contribution in [0.25, 0.3) is 0 Å². The minimum Gasteiger partial charge on any atom is -0.473 e. The molecule has 2 aliphatic rings. The highest BCUT2D eigenvalue weighted by atomic mass is 16.4. The zero-order chi connectivity index (χ0) is 17.3. The number of carbonyl (C=O) groups is 2. The summed E-state index contributed by atoms with van der Waals surface area (Å²) in [6.45, 7) is 1.07. The number of hydrogen-bond acceptors (Lipinski definition) is 3. The normalized spacial score (nSPS) is 20.9. The van der Waals surface area contributed by atoms with Crippen molar-refractivity contribution in [2.24, 2.45) is 0 Å². The molecule has 1 unspecified atom stereocenters. The number of carboxylic acids is 2. The first-order valence-electron chi connectivity index (χ1n) is 7.81. The largest absolute Gasteiger partial charge is 0.473 e. The van der Waals surface area contributed by atoms with Crippen molar-refractivity contribution < 1.29 is 19.8 Å². The molecule has 2 N–H and O–H groups in total. The van der Waals surface area contributed by atoms with Gasteiger partial charge in [-0.1, -0.05) is 48.5 Å². The number of nitrogens with zero attached hydrogens (tertiary/aromatic N) is 1. The van der Waals surface area contributed by atoms with E-state index in [0.717, 1.165) is 6.54 Å². The van der Waals surface area contributed by atoms with Crippen LogP contribution in [0.5, 0.6) is 0 Å². The SMILES string of the molecule is CN1Cc2ccccc2C12CCc1ccccc12.O=C(O)C(=O)O. The molecule has 2 aromatic carbocycles. The standard InChI is InChI=1S/C17H17N.C2H2O4/c1-18-12-14-7-3-5-9-16(14)17(18)11-10-13-6-2-4-8-15(13)17;3-1(4)2(5)6/h2-9H,10-12H2,1H3;(H,3,4)(H,5,6). The first kappa shape index (κ1) is 16.2. The van der Waals surface area contributed by atoms with Crippen LogP contribution in [-0.4, -0.2) is 34.1 Å². The molecule has 0 aromatic heterocycles. The Morgan fingerprint density at radius 2 is 1.42 bits per heavy atom. The molecule has 1 aliphatic heterocycles. The average molecular weight is 325 g/mol. The molecule has 4 rings (SSSR count). The Balaban J connectivity index is 0.000000246. The molecule has 24 heavy (non-hydrogen) atoms. The molecule has 5 heteroatoms. The summed E-state index contributed by atoms with van der Waals surface area (Å²) in [7, 11) is 2.27. The smallest absolute Gasteiger partial charge is 0.414 e. The fourth-order valence-electron chi connectivity index (χ4n) is 3.93. The van der Waals surface area contributed by atoms with E-state index >= 15 is 0 Å². The molecule has 0 radical (unpaired) electrons. The summed E-state index contributed by atoms with van der Waals surface area (Å²) in [6.07, 6.45) is 2.43. The van der Waals surface area contributed by atoms with Crippen molar-refractivity contribution in [3.05, 3.63) is 70.8 Å². The molecule has 0 saturated heterocycles. The van der Waals surface area contributed by atoms with E-state index in [1.165, 1.54) is 35.1 Å². The van der Waals surface area contributed by atoms with Gasteiger partial charge in [-0.25, -0.2) is 9.59 Å². The molecule has 1 heterocycles. The average Bonchev–Trinajstić information content (AvgIpc) is 3.09. The minimum absolute atomic E-state index is 0.146. The van der Waals surface area contributed by atoms with E-state index in [0.29, 0.717) is 0 Å². The van der Waals surface area contributed by atoms with Crippen LogP contribution in [0.15, 0.2) is 48.5 Å². The van der Waals surface area contributed by atoms with E-state index in [4.69, 9.17) is 19.8 Å². The van der Waals surface area contributed by atoms with E-state index in [1.807, 2.05) is 0 Å². The van der Waals surface area contributed by atoms with Crippen molar-refractivity contribution in [2.45, 2.75) is 24.9 Å². The van der Waals surface area contributed by atoms with E-state index < -0.39 is 11.9 Å². The van der Waals surface area contributed by atoms with Gasteiger partial charge in [-0.15, -0.1) is 0 Å². The highest BCUT2D eigenvalue weighted by molar-refractivity contribution is 6.27. The summed E-state index contributed by atoms with van der Waals surface area (Å²) in [5, 5.41) is 14.8. The second-order valence-corrected chi connectivity index (χ2v) is 6.14. The number of aryl methyl sites for hydroxylation is 1. The summed E-state index contributed by atoms with van der Waals surface area (Å²) in [5.41, 5.74) is 6.22. The summed E-state index contributed by atoms with van der Waals surface area (Å²) in [4.78, 5) is 20.7. The van der Waals surface area contributed by atoms with E-state index in [1.54, 1.807) is 0 Å². The van der Waals surface area contributed by atoms with Crippen LogP contribution < -0.4 is 0 Å². The maximum absolute atomic E-state index is 9.10. The van der Waals surface area contributed by atoms with Crippen LogP contribution in [0.4, 0.5) is 0 Å². The lowest BCUT2D eigenvalue weighted by Gasteiger charge is -2.34. The zero-order valence-corrected chi connectivity index (χ0v) is 13.4. The maximum atomic E-state index is 9.10. The van der Waals surface area contributed by atoms with Gasteiger partial charge < -0.3 is 10.2 Å². The molecular formula is C19H19NO4. The van der Waals surface area contributed by atoms with E-state index in [-0.39, 0.29) is 5.54 Å². The summed E-state index contributed by atoms with van der Waals surface area (Å²) < 4.78 is 0. The van der Waals surface area contributed by atoms with Gasteiger partial charge >= 0.3 is 11.9 Å². The first-order chi connectivity index (χ1) is 11.5. The van der Waals surface area contributed by atoms with Crippen LogP contribution in [0, 0.1) is 0 Å². The molecule has 124 valence electrons. The van der Waals surface area contributed by atoms with E-state index in [9.17, 15) is 0 Å². The molecule has 1 atom stereocenters. The first-order valence-corrected chi connectivity index (χ1v) is 7.81. The quantitative estimate of drug-likeness (QED) is 0.728. The number of fused-ring (bicyclic) bond motifs is 4. The van der Waals surface area contributed by atoms with Gasteiger partial charge in [0.2, 0.25) is 0 Å². The molecule has 0 amide bonds. The van der Waals surface area contributed by atoms with Crippen molar-refractivity contribution in [3.63, 3.8) is 0 Å². The third kappa shape index (κ3) is 2.47. The predicted octanol–water partition coefficient (Wildman–Crippen LogP) is 2.48. The number of hydrogen-bond donors (Lipinski definition) is 2. The Hall–Kier alpha value is -2.66. The predicted molar refractivity (Wildman–Crippen MR) is 88.7 cm³/mol. The molecule has 5 nitrogen and oxygen atoms in total. The van der Waals surface area contributed by atoms with Crippen molar-refractivity contribution in [1.29, 1.82) is 0 Å². The van der Waals surface area contributed by atoms with Crippen molar-refractivity contribution in [2.75, 3.05) is 7.05 Å². The molecule has 0 saturated carbocycles. The topological polar surface area (TPSA) is 77.8 Å². The third-order valence-corrected chi connectivity index (χ3v) is 4.92. The summed E-state index contributed by atoms with van der Waals surface area (Å²) in [5.74, 6) is -3.65. The fourth-order valence-corrected chi connectivity index (χ4v) is 3.93. The van der Waals surface area contributed by atoms with Gasteiger partial charge in [-0.05, 0) is 42.1 Å². The lowest BCUT2D eigenvalue weighted by Crippen LogP contribution is -2.37. The highest BCUT2D eigenvalue weighted by Crippen LogP contribution is 2.51. The maximum Gasteiger partial charge on any atom is 0.414 e.